The van der Waals surface area contributed by atoms with E-state index in [1.54, 1.807) is 36.4 Å². The molecule has 3 aromatic carbocycles. The van der Waals surface area contributed by atoms with Gasteiger partial charge in [-0.15, -0.1) is 0 Å². The van der Waals surface area contributed by atoms with Gasteiger partial charge in [0.15, 0.2) is 0 Å². The van der Waals surface area contributed by atoms with Crippen LogP contribution in [0, 0.1) is 11.7 Å². The van der Waals surface area contributed by atoms with Crippen LogP contribution < -0.4 is 10.6 Å². The summed E-state index contributed by atoms with van der Waals surface area (Å²) in [4.78, 5) is 28.1. The van der Waals surface area contributed by atoms with Crippen molar-refractivity contribution in [3.63, 3.8) is 0 Å². The zero-order valence-electron chi connectivity index (χ0n) is 19.6. The van der Waals surface area contributed by atoms with Crippen molar-refractivity contribution in [2.75, 3.05) is 18.4 Å². The van der Waals surface area contributed by atoms with Crippen LogP contribution in [0.25, 0.3) is 0 Å². The summed E-state index contributed by atoms with van der Waals surface area (Å²) in [5.41, 5.74) is 2.54. The SMILES string of the molecule is C[C@@H](NC(=O)c1ccccc1NC(=O)C1CCN(Cc2ccc(Cl)cc2F)CC1)c1ccccc1. The fraction of sp³-hybridized carbons (Fsp3) is 0.286. The lowest BCUT2D eigenvalue weighted by molar-refractivity contribution is -0.121. The molecule has 1 aliphatic rings. The monoisotopic (exact) mass is 493 g/mol. The minimum Gasteiger partial charge on any atom is -0.345 e. The summed E-state index contributed by atoms with van der Waals surface area (Å²) >= 11 is 5.84. The van der Waals surface area contributed by atoms with Crippen LogP contribution >= 0.6 is 11.6 Å². The standard InChI is InChI=1S/C28H29ClFN3O2/c1-19(20-7-3-2-4-8-20)31-28(35)24-9-5-6-10-26(24)32-27(34)21-13-15-33(16-14-21)18-22-11-12-23(29)17-25(22)30/h2-12,17,19,21H,13-16,18H2,1H3,(H,31,35)(H,32,34)/t19-/m1/s1. The molecule has 5 nitrogen and oxygen atoms in total. The van der Waals surface area contributed by atoms with E-state index in [0.717, 1.165) is 5.56 Å². The predicted molar refractivity (Wildman–Crippen MR) is 137 cm³/mol. The quantitative estimate of drug-likeness (QED) is 0.436. The molecule has 0 aliphatic carbocycles. The summed E-state index contributed by atoms with van der Waals surface area (Å²) in [7, 11) is 0. The summed E-state index contributed by atoms with van der Waals surface area (Å²) in [5, 5.41) is 6.35. The highest BCUT2D eigenvalue weighted by Crippen LogP contribution is 2.24. The Kier molecular flexibility index (Phi) is 8.16. The van der Waals surface area contributed by atoms with E-state index in [-0.39, 0.29) is 29.6 Å². The Morgan fingerprint density at radius 1 is 1.03 bits per heavy atom. The van der Waals surface area contributed by atoms with Crippen molar-refractivity contribution in [2.24, 2.45) is 5.92 Å². The van der Waals surface area contributed by atoms with E-state index in [1.807, 2.05) is 37.3 Å². The Labute approximate surface area is 210 Å². The number of para-hydroxylation sites is 1. The molecule has 0 unspecified atom stereocenters. The molecule has 4 rings (SSSR count). The first kappa shape index (κ1) is 24.9. The summed E-state index contributed by atoms with van der Waals surface area (Å²) < 4.78 is 14.1. The third kappa shape index (κ3) is 6.47. The van der Waals surface area contributed by atoms with Crippen LogP contribution in [0.2, 0.25) is 5.02 Å². The van der Waals surface area contributed by atoms with Gasteiger partial charge < -0.3 is 10.6 Å². The minimum absolute atomic E-state index is 0.0984. The average Bonchev–Trinajstić information content (AvgIpc) is 2.87. The summed E-state index contributed by atoms with van der Waals surface area (Å²) in [6, 6.07) is 21.3. The molecule has 0 bridgehead atoms. The number of hydrogen-bond donors (Lipinski definition) is 2. The number of nitrogens with one attached hydrogen (secondary N) is 2. The highest BCUT2D eigenvalue weighted by Gasteiger charge is 2.26. The summed E-state index contributed by atoms with van der Waals surface area (Å²) in [6.45, 7) is 3.80. The Balaban J connectivity index is 1.33. The summed E-state index contributed by atoms with van der Waals surface area (Å²) in [6.07, 6.45) is 1.33. The van der Waals surface area contributed by atoms with Crippen molar-refractivity contribution in [3.05, 3.63) is 100 Å². The van der Waals surface area contributed by atoms with Crippen molar-refractivity contribution < 1.29 is 14.0 Å². The number of halogens is 2. The average molecular weight is 494 g/mol. The van der Waals surface area contributed by atoms with Gasteiger partial charge in [-0.3, -0.25) is 14.5 Å². The number of likely N-dealkylation sites (tertiary alicyclic amines) is 1. The Morgan fingerprint density at radius 2 is 1.71 bits per heavy atom. The van der Waals surface area contributed by atoms with Gasteiger partial charge in [0.1, 0.15) is 5.82 Å². The Morgan fingerprint density at radius 3 is 2.43 bits per heavy atom. The van der Waals surface area contributed by atoms with E-state index >= 15 is 0 Å². The van der Waals surface area contributed by atoms with Gasteiger partial charge in [0, 0.05) is 23.0 Å². The van der Waals surface area contributed by atoms with E-state index in [0.29, 0.717) is 54.3 Å². The zero-order chi connectivity index (χ0) is 24.8. The highest BCUT2D eigenvalue weighted by molar-refractivity contribution is 6.30. The maximum atomic E-state index is 14.1. The molecular weight excluding hydrogens is 465 g/mol. The van der Waals surface area contributed by atoms with E-state index in [9.17, 15) is 14.0 Å². The molecule has 0 spiro atoms. The van der Waals surface area contributed by atoms with Gasteiger partial charge in [-0.05, 0) is 62.7 Å². The van der Waals surface area contributed by atoms with Crippen LogP contribution in [0.3, 0.4) is 0 Å². The lowest BCUT2D eigenvalue weighted by Crippen LogP contribution is -2.38. The second kappa shape index (κ2) is 11.5. The molecule has 1 atom stereocenters. The lowest BCUT2D eigenvalue weighted by atomic mass is 9.95. The molecule has 1 aliphatic heterocycles. The molecule has 182 valence electrons. The first-order valence-electron chi connectivity index (χ1n) is 11.8. The van der Waals surface area contributed by atoms with Gasteiger partial charge in [0.2, 0.25) is 5.91 Å². The second-order valence-corrected chi connectivity index (χ2v) is 9.36. The van der Waals surface area contributed by atoms with Gasteiger partial charge in [0.05, 0.1) is 17.3 Å². The van der Waals surface area contributed by atoms with Crippen LogP contribution in [0.1, 0.15) is 47.3 Å². The first-order chi connectivity index (χ1) is 16.9. The van der Waals surface area contributed by atoms with Crippen LogP contribution in [0.4, 0.5) is 10.1 Å². The minimum atomic E-state index is -0.311. The number of carbonyl (C=O) groups is 2. The molecular formula is C28H29ClFN3O2. The molecule has 2 amide bonds. The Hall–Kier alpha value is -3.22. The largest absolute Gasteiger partial charge is 0.345 e. The maximum absolute atomic E-state index is 14.1. The smallest absolute Gasteiger partial charge is 0.253 e. The third-order valence-electron chi connectivity index (χ3n) is 6.44. The number of amides is 2. The number of anilines is 1. The number of hydrogen-bond acceptors (Lipinski definition) is 3. The van der Waals surface area contributed by atoms with Crippen LogP contribution in [-0.4, -0.2) is 29.8 Å². The van der Waals surface area contributed by atoms with Crippen molar-refractivity contribution in [2.45, 2.75) is 32.4 Å². The molecule has 35 heavy (non-hydrogen) atoms. The van der Waals surface area contributed by atoms with Crippen molar-refractivity contribution >= 4 is 29.1 Å². The molecule has 1 heterocycles. The predicted octanol–water partition coefficient (Wildman–Crippen LogP) is 5.82. The van der Waals surface area contributed by atoms with E-state index in [4.69, 9.17) is 11.6 Å². The first-order valence-corrected chi connectivity index (χ1v) is 12.2. The van der Waals surface area contributed by atoms with Gasteiger partial charge in [-0.1, -0.05) is 60.1 Å². The molecule has 0 radical (unpaired) electrons. The number of piperidine rings is 1. The van der Waals surface area contributed by atoms with Gasteiger partial charge in [0.25, 0.3) is 5.91 Å². The molecule has 0 saturated carbocycles. The summed E-state index contributed by atoms with van der Waals surface area (Å²) in [5.74, 6) is -0.815. The van der Waals surface area contributed by atoms with Crippen LogP contribution in [-0.2, 0) is 11.3 Å². The van der Waals surface area contributed by atoms with Gasteiger partial charge in [-0.2, -0.15) is 0 Å². The fourth-order valence-electron chi connectivity index (χ4n) is 4.37. The van der Waals surface area contributed by atoms with Crippen molar-refractivity contribution in [3.8, 4) is 0 Å². The fourth-order valence-corrected chi connectivity index (χ4v) is 4.53. The molecule has 0 aromatic heterocycles. The molecule has 1 fully saturated rings. The van der Waals surface area contributed by atoms with E-state index in [1.165, 1.54) is 6.07 Å². The number of nitrogens with zero attached hydrogens (tertiary/aromatic N) is 1. The molecule has 3 aromatic rings. The number of benzene rings is 3. The van der Waals surface area contributed by atoms with Crippen LogP contribution in [0.5, 0.6) is 0 Å². The van der Waals surface area contributed by atoms with E-state index in [2.05, 4.69) is 15.5 Å². The Bertz CT molecular complexity index is 1180. The zero-order valence-corrected chi connectivity index (χ0v) is 20.4. The third-order valence-corrected chi connectivity index (χ3v) is 6.68. The molecule has 2 N–H and O–H groups in total. The van der Waals surface area contributed by atoms with Crippen LogP contribution in [0.15, 0.2) is 72.8 Å². The number of rotatable bonds is 7. The highest BCUT2D eigenvalue weighted by atomic mass is 35.5. The van der Waals surface area contributed by atoms with E-state index < -0.39 is 0 Å². The van der Waals surface area contributed by atoms with Crippen molar-refractivity contribution in [1.82, 2.24) is 10.2 Å². The topological polar surface area (TPSA) is 61.4 Å². The lowest BCUT2D eigenvalue weighted by Gasteiger charge is -2.31. The molecule has 1 saturated heterocycles. The van der Waals surface area contributed by atoms with Crippen molar-refractivity contribution in [1.29, 1.82) is 0 Å². The maximum Gasteiger partial charge on any atom is 0.253 e. The molecule has 7 heteroatoms. The normalized spacial score (nSPS) is 15.4. The number of carbonyl (C=O) groups excluding carboxylic acids is 2. The second-order valence-electron chi connectivity index (χ2n) is 8.93. The van der Waals surface area contributed by atoms with Gasteiger partial charge >= 0.3 is 0 Å². The van der Waals surface area contributed by atoms with Gasteiger partial charge in [-0.25, -0.2) is 4.39 Å².